The third-order valence-electron chi connectivity index (χ3n) is 5.88. The molecule has 3 aromatic carbocycles. The van der Waals surface area contributed by atoms with Crippen LogP contribution < -0.4 is 10.6 Å². The Bertz CT molecular complexity index is 1620. The molecule has 0 saturated heterocycles. The Balaban J connectivity index is 1.35. The summed E-state index contributed by atoms with van der Waals surface area (Å²) in [5, 5.41) is 29.4. The van der Waals surface area contributed by atoms with Gasteiger partial charge in [-0.2, -0.15) is 4.68 Å². The highest BCUT2D eigenvalue weighted by Crippen LogP contribution is 2.31. The average molecular weight is 615 g/mol. The molecule has 0 atom stereocenters. The van der Waals surface area contributed by atoms with Crippen molar-refractivity contribution in [1.82, 2.24) is 20.2 Å². The number of amides is 2. The zero-order chi connectivity index (χ0) is 29.7. The van der Waals surface area contributed by atoms with Crippen molar-refractivity contribution >= 4 is 63.8 Å². The van der Waals surface area contributed by atoms with Gasteiger partial charge in [0.15, 0.2) is 0 Å². The van der Waals surface area contributed by atoms with E-state index in [0.29, 0.717) is 27.2 Å². The summed E-state index contributed by atoms with van der Waals surface area (Å²) < 4.78 is 1.47. The Morgan fingerprint density at radius 2 is 1.76 bits per heavy atom. The highest BCUT2D eigenvalue weighted by atomic mass is 35.5. The van der Waals surface area contributed by atoms with E-state index >= 15 is 0 Å². The SMILES string of the molecule is CC(C)(C)c1ccc(-n2nnnc2SCC(=O)Nc2ccc(NC(=O)Cc3ccccc3[N+](=O)[O-])cc2Cl)c(Cl)c1. The summed E-state index contributed by atoms with van der Waals surface area (Å²) in [6, 6.07) is 16.3. The van der Waals surface area contributed by atoms with Gasteiger partial charge in [-0.1, -0.05) is 80.0 Å². The normalized spacial score (nSPS) is 11.2. The molecular weight excluding hydrogens is 589 g/mol. The first kappa shape index (κ1) is 30.0. The van der Waals surface area contributed by atoms with Crippen LogP contribution in [0.2, 0.25) is 10.0 Å². The topological polar surface area (TPSA) is 145 Å². The molecule has 0 saturated carbocycles. The average Bonchev–Trinajstić information content (AvgIpc) is 3.37. The van der Waals surface area contributed by atoms with Crippen molar-refractivity contribution in [3.05, 3.63) is 92.0 Å². The van der Waals surface area contributed by atoms with Crippen molar-refractivity contribution in [3.63, 3.8) is 0 Å². The number of nitrogens with zero attached hydrogens (tertiary/aromatic N) is 5. The van der Waals surface area contributed by atoms with Crippen LogP contribution in [-0.2, 0) is 21.4 Å². The molecule has 0 aliphatic rings. The molecule has 2 N–H and O–H groups in total. The zero-order valence-corrected chi connectivity index (χ0v) is 24.5. The maximum absolute atomic E-state index is 12.7. The van der Waals surface area contributed by atoms with Crippen LogP contribution in [0.1, 0.15) is 31.9 Å². The van der Waals surface area contributed by atoms with Gasteiger partial charge in [0, 0.05) is 17.3 Å². The molecule has 4 aromatic rings. The fourth-order valence-corrected chi connectivity index (χ4v) is 4.96. The number of tetrazole rings is 1. The van der Waals surface area contributed by atoms with Gasteiger partial charge in [0.05, 0.1) is 38.5 Å². The highest BCUT2D eigenvalue weighted by molar-refractivity contribution is 7.99. The first-order valence-electron chi connectivity index (χ1n) is 12.3. The van der Waals surface area contributed by atoms with Crippen LogP contribution in [0.25, 0.3) is 5.69 Å². The summed E-state index contributed by atoms with van der Waals surface area (Å²) >= 11 is 14.0. The van der Waals surface area contributed by atoms with Gasteiger partial charge in [-0.3, -0.25) is 19.7 Å². The predicted octanol–water partition coefficient (Wildman–Crippen LogP) is 6.09. The highest BCUT2D eigenvalue weighted by Gasteiger charge is 2.19. The molecule has 0 bridgehead atoms. The Morgan fingerprint density at radius 1 is 1.00 bits per heavy atom. The quantitative estimate of drug-likeness (QED) is 0.131. The predicted molar refractivity (Wildman–Crippen MR) is 159 cm³/mol. The van der Waals surface area contributed by atoms with Crippen molar-refractivity contribution < 1.29 is 14.5 Å². The number of thioether (sulfide) groups is 1. The molecular formula is C27H25Cl2N7O4S. The molecule has 2 amide bonds. The van der Waals surface area contributed by atoms with Gasteiger partial charge in [-0.25, -0.2) is 0 Å². The van der Waals surface area contributed by atoms with Crippen LogP contribution in [0.3, 0.4) is 0 Å². The van der Waals surface area contributed by atoms with E-state index in [-0.39, 0.29) is 39.8 Å². The van der Waals surface area contributed by atoms with Crippen molar-refractivity contribution in [2.45, 2.75) is 37.8 Å². The van der Waals surface area contributed by atoms with Crippen LogP contribution in [0.5, 0.6) is 0 Å². The summed E-state index contributed by atoms with van der Waals surface area (Å²) in [5.41, 5.74) is 2.46. The van der Waals surface area contributed by atoms with E-state index in [1.165, 1.54) is 28.9 Å². The van der Waals surface area contributed by atoms with Crippen LogP contribution >= 0.6 is 35.0 Å². The molecule has 0 spiro atoms. The van der Waals surface area contributed by atoms with Crippen LogP contribution in [0, 0.1) is 10.1 Å². The van der Waals surface area contributed by atoms with Gasteiger partial charge >= 0.3 is 0 Å². The number of nitro groups is 1. The number of para-hydroxylation sites is 1. The fraction of sp³-hybridized carbons (Fsp3) is 0.222. The number of benzene rings is 3. The number of carbonyl (C=O) groups is 2. The molecule has 41 heavy (non-hydrogen) atoms. The molecule has 14 heteroatoms. The summed E-state index contributed by atoms with van der Waals surface area (Å²) in [5.74, 6) is -0.814. The first-order valence-corrected chi connectivity index (χ1v) is 14.0. The zero-order valence-electron chi connectivity index (χ0n) is 22.2. The standard InChI is InChI=1S/C27H25Cl2N7O4S/c1-27(2,3)17-8-11-23(20(29)13-17)35-26(32-33-34-35)41-15-25(38)31-21-10-9-18(14-19(21)28)30-24(37)12-16-6-4-5-7-22(16)36(39)40/h4-11,13-14H,12,15H2,1-3H3,(H,30,37)(H,31,38). The molecule has 0 radical (unpaired) electrons. The second kappa shape index (κ2) is 12.7. The molecule has 0 unspecified atom stereocenters. The minimum absolute atomic E-state index is 0.0112. The summed E-state index contributed by atoms with van der Waals surface area (Å²) in [6.07, 6.45) is -0.185. The second-order valence-electron chi connectivity index (χ2n) is 9.93. The lowest BCUT2D eigenvalue weighted by Gasteiger charge is -2.20. The Morgan fingerprint density at radius 3 is 2.44 bits per heavy atom. The lowest BCUT2D eigenvalue weighted by molar-refractivity contribution is -0.385. The molecule has 212 valence electrons. The number of aromatic nitrogens is 4. The van der Waals surface area contributed by atoms with Crippen LogP contribution in [0.15, 0.2) is 65.8 Å². The van der Waals surface area contributed by atoms with Gasteiger partial charge in [-0.05, 0) is 51.7 Å². The van der Waals surface area contributed by atoms with Gasteiger partial charge in [0.25, 0.3) is 5.69 Å². The first-order chi connectivity index (χ1) is 19.4. The fourth-order valence-electron chi connectivity index (χ4n) is 3.79. The molecule has 0 aliphatic heterocycles. The smallest absolute Gasteiger partial charge is 0.273 e. The van der Waals surface area contributed by atoms with E-state index < -0.39 is 10.8 Å². The lowest BCUT2D eigenvalue weighted by Crippen LogP contribution is -2.16. The van der Waals surface area contributed by atoms with Gasteiger partial charge in [0.1, 0.15) is 0 Å². The van der Waals surface area contributed by atoms with E-state index in [9.17, 15) is 19.7 Å². The van der Waals surface area contributed by atoms with Crippen LogP contribution in [-0.4, -0.2) is 42.7 Å². The third-order valence-corrected chi connectivity index (χ3v) is 7.42. The van der Waals surface area contributed by atoms with Gasteiger partial charge in [-0.15, -0.1) is 5.10 Å². The number of carbonyl (C=O) groups excluding carboxylic acids is 2. The molecule has 1 heterocycles. The summed E-state index contributed by atoms with van der Waals surface area (Å²) in [7, 11) is 0. The van der Waals surface area contributed by atoms with Crippen molar-refractivity contribution in [3.8, 4) is 5.69 Å². The number of rotatable bonds is 9. The van der Waals surface area contributed by atoms with Gasteiger partial charge in [0.2, 0.25) is 17.0 Å². The van der Waals surface area contributed by atoms with E-state index in [1.807, 2.05) is 18.2 Å². The number of nitro benzene ring substituents is 1. The number of anilines is 2. The second-order valence-corrected chi connectivity index (χ2v) is 11.7. The molecule has 11 nitrogen and oxygen atoms in total. The number of halogens is 2. The largest absolute Gasteiger partial charge is 0.326 e. The molecule has 0 aliphatic carbocycles. The maximum atomic E-state index is 12.7. The Hall–Kier alpha value is -4.00. The van der Waals surface area contributed by atoms with Crippen molar-refractivity contribution in [2.75, 3.05) is 16.4 Å². The van der Waals surface area contributed by atoms with Crippen LogP contribution in [0.4, 0.5) is 17.1 Å². The molecule has 4 rings (SSSR count). The van der Waals surface area contributed by atoms with Crippen molar-refractivity contribution in [2.24, 2.45) is 0 Å². The summed E-state index contributed by atoms with van der Waals surface area (Å²) in [4.78, 5) is 35.8. The van der Waals surface area contributed by atoms with E-state index in [0.717, 1.165) is 17.3 Å². The molecule has 1 aromatic heterocycles. The minimum Gasteiger partial charge on any atom is -0.326 e. The van der Waals surface area contributed by atoms with E-state index in [2.05, 4.69) is 46.9 Å². The van der Waals surface area contributed by atoms with E-state index in [4.69, 9.17) is 23.2 Å². The lowest BCUT2D eigenvalue weighted by atomic mass is 9.87. The monoisotopic (exact) mass is 613 g/mol. The Labute approximate surface area is 249 Å². The minimum atomic E-state index is -0.533. The summed E-state index contributed by atoms with van der Waals surface area (Å²) in [6.45, 7) is 6.27. The van der Waals surface area contributed by atoms with E-state index in [1.54, 1.807) is 18.2 Å². The van der Waals surface area contributed by atoms with Crippen molar-refractivity contribution in [1.29, 1.82) is 0 Å². The molecule has 0 fully saturated rings. The number of nitrogens with one attached hydrogen (secondary N) is 2. The van der Waals surface area contributed by atoms with Gasteiger partial charge < -0.3 is 10.6 Å². The number of hydrogen-bond donors (Lipinski definition) is 2. The Kier molecular flexibility index (Phi) is 9.26. The number of hydrogen-bond acceptors (Lipinski definition) is 8. The third kappa shape index (κ3) is 7.60. The maximum Gasteiger partial charge on any atom is 0.273 e.